The minimum Gasteiger partial charge on any atom is -0.324 e. The minimum atomic E-state index is -0.418. The summed E-state index contributed by atoms with van der Waals surface area (Å²) < 4.78 is 16.4. The van der Waals surface area contributed by atoms with Crippen LogP contribution in [-0.4, -0.2) is 25.1 Å². The summed E-state index contributed by atoms with van der Waals surface area (Å²) in [6.45, 7) is 0. The van der Waals surface area contributed by atoms with Gasteiger partial charge >= 0.3 is 0 Å². The van der Waals surface area contributed by atoms with E-state index < -0.39 is 5.82 Å². The molecule has 124 valence electrons. The highest BCUT2D eigenvalue weighted by molar-refractivity contribution is 5.90. The summed E-state index contributed by atoms with van der Waals surface area (Å²) in [5.41, 5.74) is 2.37. The largest absolute Gasteiger partial charge is 0.324 e. The van der Waals surface area contributed by atoms with E-state index in [1.165, 1.54) is 22.8 Å². The Morgan fingerprint density at radius 2 is 1.84 bits per heavy atom. The third-order valence-electron chi connectivity index (χ3n) is 3.75. The van der Waals surface area contributed by atoms with Crippen molar-refractivity contribution in [3.05, 3.63) is 78.5 Å². The molecule has 0 saturated carbocycles. The van der Waals surface area contributed by atoms with Crippen LogP contribution < -0.4 is 5.32 Å². The average Bonchev–Trinajstić information content (AvgIpc) is 3.24. The number of benzene rings is 1. The van der Waals surface area contributed by atoms with Crippen LogP contribution in [0.5, 0.6) is 0 Å². The number of nitrogens with zero attached hydrogens (tertiary/aromatic N) is 4. The topological polar surface area (TPSA) is 64.2 Å². The van der Waals surface area contributed by atoms with Gasteiger partial charge in [0, 0.05) is 18.1 Å². The van der Waals surface area contributed by atoms with Gasteiger partial charge in [0.2, 0.25) is 11.9 Å². The van der Waals surface area contributed by atoms with Gasteiger partial charge in [-0.25, -0.2) is 8.91 Å². The van der Waals surface area contributed by atoms with Gasteiger partial charge in [-0.05, 0) is 42.0 Å². The summed E-state index contributed by atoms with van der Waals surface area (Å²) in [5.74, 6) is -0.497. The summed E-state index contributed by atoms with van der Waals surface area (Å²) in [5, 5.41) is 6.67. The van der Waals surface area contributed by atoms with Crippen molar-refractivity contribution >= 4 is 17.5 Å². The molecule has 0 bridgehead atoms. The van der Waals surface area contributed by atoms with Crippen molar-refractivity contribution in [1.82, 2.24) is 19.2 Å². The van der Waals surface area contributed by atoms with Crippen LogP contribution in [0.2, 0.25) is 0 Å². The molecule has 0 aliphatic rings. The zero-order chi connectivity index (χ0) is 17.2. The molecule has 0 radical (unpaired) electrons. The van der Waals surface area contributed by atoms with Crippen molar-refractivity contribution in [2.75, 3.05) is 5.32 Å². The maximum absolute atomic E-state index is 13.2. The molecule has 0 saturated heterocycles. The quantitative estimate of drug-likeness (QED) is 0.624. The van der Waals surface area contributed by atoms with Crippen molar-refractivity contribution in [2.45, 2.75) is 6.42 Å². The molecular formula is C18H14FN5O. The monoisotopic (exact) mass is 335 g/mol. The smallest absolute Gasteiger partial charge is 0.249 e. The van der Waals surface area contributed by atoms with Gasteiger partial charge in [0.15, 0.2) is 5.65 Å². The second kappa shape index (κ2) is 6.20. The van der Waals surface area contributed by atoms with Gasteiger partial charge in [-0.15, -0.1) is 5.10 Å². The van der Waals surface area contributed by atoms with Gasteiger partial charge in [-0.1, -0.05) is 12.1 Å². The molecule has 4 aromatic rings. The Hall–Kier alpha value is -3.48. The Morgan fingerprint density at radius 3 is 2.60 bits per heavy atom. The lowest BCUT2D eigenvalue weighted by molar-refractivity contribution is -0.115. The van der Waals surface area contributed by atoms with E-state index in [1.54, 1.807) is 0 Å². The van der Waals surface area contributed by atoms with Gasteiger partial charge < -0.3 is 4.57 Å². The Bertz CT molecular complexity index is 1020. The number of rotatable bonds is 4. The average molecular weight is 335 g/mol. The van der Waals surface area contributed by atoms with Gasteiger partial charge in [-0.3, -0.25) is 10.1 Å². The van der Waals surface area contributed by atoms with Crippen LogP contribution in [0.25, 0.3) is 11.3 Å². The zero-order valence-corrected chi connectivity index (χ0v) is 13.1. The molecule has 0 aliphatic carbocycles. The second-order valence-corrected chi connectivity index (χ2v) is 5.57. The van der Waals surface area contributed by atoms with E-state index in [0.29, 0.717) is 5.65 Å². The molecule has 3 heterocycles. The minimum absolute atomic E-state index is 0.152. The number of carbonyl (C=O) groups excluding carboxylic acids is 1. The lowest BCUT2D eigenvalue weighted by Crippen LogP contribution is -2.15. The summed E-state index contributed by atoms with van der Waals surface area (Å²) >= 11 is 0. The number of carbonyl (C=O) groups is 1. The van der Waals surface area contributed by atoms with Crippen LogP contribution in [-0.2, 0) is 11.2 Å². The molecule has 0 fully saturated rings. The molecule has 0 unspecified atom stereocenters. The predicted octanol–water partition coefficient (Wildman–Crippen LogP) is 2.84. The fourth-order valence-electron chi connectivity index (χ4n) is 2.56. The number of aromatic nitrogens is 4. The van der Waals surface area contributed by atoms with Crippen molar-refractivity contribution < 1.29 is 9.18 Å². The molecule has 3 aromatic heterocycles. The number of amides is 1. The fraction of sp³-hybridized carbons (Fsp3) is 0.0556. The van der Waals surface area contributed by atoms with Crippen LogP contribution in [0.4, 0.5) is 10.3 Å². The maximum atomic E-state index is 13.2. The van der Waals surface area contributed by atoms with Crippen molar-refractivity contribution in [3.63, 3.8) is 0 Å². The van der Waals surface area contributed by atoms with E-state index in [0.717, 1.165) is 11.3 Å². The van der Waals surface area contributed by atoms with Crippen LogP contribution in [0.3, 0.4) is 0 Å². The standard InChI is InChI=1S/C18H14FN5O/c19-14-5-8-16-20-18(22-24(16)12-14)21-17(25)11-13-3-6-15(7-4-13)23-9-1-2-10-23/h1-10,12H,11H2,(H,21,22,25). The highest BCUT2D eigenvalue weighted by Gasteiger charge is 2.09. The number of pyridine rings is 1. The maximum Gasteiger partial charge on any atom is 0.249 e. The van der Waals surface area contributed by atoms with Crippen LogP contribution in [0.1, 0.15) is 5.56 Å². The Kier molecular flexibility index (Phi) is 3.74. The zero-order valence-electron chi connectivity index (χ0n) is 13.1. The lowest BCUT2D eigenvalue weighted by Gasteiger charge is -2.05. The van der Waals surface area contributed by atoms with E-state index in [9.17, 15) is 9.18 Å². The molecule has 1 aromatic carbocycles. The van der Waals surface area contributed by atoms with E-state index in [1.807, 2.05) is 53.4 Å². The van der Waals surface area contributed by atoms with Crippen LogP contribution in [0.15, 0.2) is 67.1 Å². The van der Waals surface area contributed by atoms with Gasteiger partial charge in [0.1, 0.15) is 5.82 Å². The molecule has 0 atom stereocenters. The predicted molar refractivity (Wildman–Crippen MR) is 91.0 cm³/mol. The summed E-state index contributed by atoms with van der Waals surface area (Å²) in [6.07, 6.45) is 5.33. The first-order valence-corrected chi connectivity index (χ1v) is 7.71. The molecule has 6 nitrogen and oxygen atoms in total. The van der Waals surface area contributed by atoms with Gasteiger partial charge in [0.25, 0.3) is 0 Å². The highest BCUT2D eigenvalue weighted by atomic mass is 19.1. The molecule has 0 spiro atoms. The number of hydrogen-bond acceptors (Lipinski definition) is 3. The van der Waals surface area contributed by atoms with E-state index in [-0.39, 0.29) is 18.3 Å². The second-order valence-electron chi connectivity index (χ2n) is 5.57. The Morgan fingerprint density at radius 1 is 1.08 bits per heavy atom. The molecule has 4 rings (SSSR count). The van der Waals surface area contributed by atoms with Gasteiger partial charge in [-0.2, -0.15) is 4.98 Å². The van der Waals surface area contributed by atoms with Crippen molar-refractivity contribution in [3.8, 4) is 5.69 Å². The normalized spacial score (nSPS) is 10.9. The molecule has 1 amide bonds. The van der Waals surface area contributed by atoms with E-state index in [2.05, 4.69) is 15.4 Å². The summed E-state index contributed by atoms with van der Waals surface area (Å²) in [4.78, 5) is 16.3. The third-order valence-corrected chi connectivity index (χ3v) is 3.75. The first kappa shape index (κ1) is 15.1. The first-order chi connectivity index (χ1) is 12.2. The Balaban J connectivity index is 1.44. The molecule has 7 heteroatoms. The number of fused-ring (bicyclic) bond motifs is 1. The Labute approximate surface area is 142 Å². The summed E-state index contributed by atoms with van der Waals surface area (Å²) in [6, 6.07) is 14.4. The van der Waals surface area contributed by atoms with E-state index in [4.69, 9.17) is 0 Å². The molecule has 1 N–H and O–H groups in total. The van der Waals surface area contributed by atoms with Crippen LogP contribution in [0, 0.1) is 5.82 Å². The number of nitrogens with one attached hydrogen (secondary N) is 1. The van der Waals surface area contributed by atoms with Crippen molar-refractivity contribution in [1.29, 1.82) is 0 Å². The molecule has 25 heavy (non-hydrogen) atoms. The lowest BCUT2D eigenvalue weighted by atomic mass is 10.1. The number of halogens is 1. The molecular weight excluding hydrogens is 321 g/mol. The first-order valence-electron chi connectivity index (χ1n) is 7.71. The third kappa shape index (κ3) is 3.25. The number of hydrogen-bond donors (Lipinski definition) is 1. The van der Waals surface area contributed by atoms with E-state index >= 15 is 0 Å². The summed E-state index contributed by atoms with van der Waals surface area (Å²) in [7, 11) is 0. The number of anilines is 1. The molecule has 0 aliphatic heterocycles. The highest BCUT2D eigenvalue weighted by Crippen LogP contribution is 2.12. The fourth-order valence-corrected chi connectivity index (χ4v) is 2.56. The SMILES string of the molecule is O=C(Cc1ccc(-n2cccc2)cc1)Nc1nc2ccc(F)cn2n1. The van der Waals surface area contributed by atoms with Crippen LogP contribution >= 0.6 is 0 Å². The van der Waals surface area contributed by atoms with Gasteiger partial charge in [0.05, 0.1) is 12.6 Å². The van der Waals surface area contributed by atoms with Crippen molar-refractivity contribution in [2.24, 2.45) is 0 Å².